The molecule has 2 heterocycles. The largest absolute Gasteiger partial charge is 0.394 e. The number of nitrogens with one attached hydrogen (secondary N) is 1. The van der Waals surface area contributed by atoms with Gasteiger partial charge >= 0.3 is 5.69 Å². The molecule has 0 bridgehead atoms. The first-order valence-corrected chi connectivity index (χ1v) is 9.25. The Bertz CT molecular complexity index is 934. The Morgan fingerprint density at radius 2 is 1.83 bits per heavy atom. The Morgan fingerprint density at radius 3 is 2.34 bits per heavy atom. The highest BCUT2D eigenvalue weighted by Crippen LogP contribution is 2.28. The van der Waals surface area contributed by atoms with Gasteiger partial charge in [0.05, 0.1) is 6.61 Å². The van der Waals surface area contributed by atoms with Crippen LogP contribution in [-0.4, -0.2) is 55.7 Å². The van der Waals surface area contributed by atoms with E-state index in [4.69, 9.17) is 9.84 Å². The number of hydrogen-bond donors (Lipinski definition) is 4. The van der Waals surface area contributed by atoms with Gasteiger partial charge in [0.25, 0.3) is 5.91 Å². The van der Waals surface area contributed by atoms with Gasteiger partial charge in [0.15, 0.2) is 6.23 Å². The lowest BCUT2D eigenvalue weighted by Crippen LogP contribution is -2.36. The summed E-state index contributed by atoms with van der Waals surface area (Å²) in [4.78, 5) is 28.5. The van der Waals surface area contributed by atoms with E-state index in [1.807, 2.05) is 12.1 Å². The van der Waals surface area contributed by atoms with Crippen LogP contribution in [-0.2, 0) is 10.2 Å². The summed E-state index contributed by atoms with van der Waals surface area (Å²) in [6.07, 6.45) is -3.61. The lowest BCUT2D eigenvalue weighted by molar-refractivity contribution is -0.0549. The second-order valence-corrected chi connectivity index (χ2v) is 8.01. The van der Waals surface area contributed by atoms with Crippen LogP contribution in [0.5, 0.6) is 0 Å². The number of nitrogens with zero attached hydrogens (tertiary/aromatic N) is 2. The summed E-state index contributed by atoms with van der Waals surface area (Å²) in [6, 6.07) is 8.55. The van der Waals surface area contributed by atoms with Crippen LogP contribution in [0.3, 0.4) is 0 Å². The molecule has 4 N–H and O–H groups in total. The maximum Gasteiger partial charge on any atom is 0.351 e. The average Bonchev–Trinajstić information content (AvgIpc) is 2.96. The van der Waals surface area contributed by atoms with E-state index in [0.717, 1.165) is 10.1 Å². The molecule has 1 aromatic carbocycles. The summed E-state index contributed by atoms with van der Waals surface area (Å²) < 4.78 is 6.31. The first-order chi connectivity index (χ1) is 13.6. The molecule has 9 nitrogen and oxygen atoms in total. The molecule has 3 rings (SSSR count). The molecule has 0 aliphatic carbocycles. The van der Waals surface area contributed by atoms with Gasteiger partial charge in [-0.05, 0) is 29.2 Å². The summed E-state index contributed by atoms with van der Waals surface area (Å²) in [5, 5.41) is 31.6. The van der Waals surface area contributed by atoms with E-state index in [9.17, 15) is 19.8 Å². The molecule has 1 fully saturated rings. The van der Waals surface area contributed by atoms with Crippen LogP contribution in [0.1, 0.15) is 42.9 Å². The number of aliphatic hydroxyl groups excluding tert-OH is 3. The molecule has 0 unspecified atom stereocenters. The number of hydrogen-bond acceptors (Lipinski definition) is 7. The van der Waals surface area contributed by atoms with E-state index in [0.29, 0.717) is 5.56 Å². The van der Waals surface area contributed by atoms with E-state index in [1.54, 1.807) is 12.1 Å². The van der Waals surface area contributed by atoms with Crippen LogP contribution in [0, 0.1) is 0 Å². The third kappa shape index (κ3) is 4.38. The Labute approximate surface area is 167 Å². The van der Waals surface area contributed by atoms with Gasteiger partial charge in [0, 0.05) is 11.8 Å². The van der Waals surface area contributed by atoms with Crippen molar-refractivity contribution in [2.75, 3.05) is 11.9 Å². The topological polar surface area (TPSA) is 134 Å². The molecule has 9 heteroatoms. The van der Waals surface area contributed by atoms with E-state index in [1.165, 1.54) is 12.3 Å². The summed E-state index contributed by atoms with van der Waals surface area (Å²) in [7, 11) is 0. The fourth-order valence-electron chi connectivity index (χ4n) is 3.10. The van der Waals surface area contributed by atoms with Gasteiger partial charge in [0.2, 0.25) is 0 Å². The van der Waals surface area contributed by atoms with Gasteiger partial charge in [0.1, 0.15) is 24.1 Å². The number of carbonyl (C=O) groups excluding carboxylic acids is 1. The number of aromatic nitrogens is 2. The molecule has 0 radical (unpaired) electrons. The SMILES string of the molecule is CC(C)(C)c1ccc(C(=O)Nc2ccn([C@@H]3O[C@H](CO)[C@@H](O)[C@H]3O)c(=O)n2)cc1. The van der Waals surface area contributed by atoms with Crippen molar-refractivity contribution in [1.29, 1.82) is 0 Å². The number of amides is 1. The number of carbonyl (C=O) groups is 1. The molecule has 1 aliphatic heterocycles. The molecular weight excluding hydrogens is 378 g/mol. The molecule has 2 aromatic rings. The molecule has 1 aromatic heterocycles. The molecule has 29 heavy (non-hydrogen) atoms. The first kappa shape index (κ1) is 21.1. The zero-order valence-electron chi connectivity index (χ0n) is 16.4. The predicted molar refractivity (Wildman–Crippen MR) is 105 cm³/mol. The average molecular weight is 403 g/mol. The van der Waals surface area contributed by atoms with Crippen LogP contribution in [0.15, 0.2) is 41.3 Å². The first-order valence-electron chi connectivity index (χ1n) is 9.25. The van der Waals surface area contributed by atoms with Gasteiger partial charge in [-0.1, -0.05) is 32.9 Å². The normalized spacial score (nSPS) is 24.5. The maximum absolute atomic E-state index is 12.4. The lowest BCUT2D eigenvalue weighted by atomic mass is 9.87. The molecule has 0 saturated carbocycles. The maximum atomic E-state index is 12.4. The standard InChI is InChI=1S/C20H25N3O6/c1-20(2,3)12-6-4-11(5-7-12)17(27)21-14-8-9-23(19(28)22-14)18-16(26)15(25)13(10-24)29-18/h4-9,13,15-16,18,24-26H,10H2,1-3H3,(H,21,22,27,28)/t13-,15-,16-,18-/m1/s1. The van der Waals surface area contributed by atoms with Crippen molar-refractivity contribution in [2.45, 2.75) is 50.7 Å². The van der Waals surface area contributed by atoms with Gasteiger partial charge < -0.3 is 25.4 Å². The van der Waals surface area contributed by atoms with Crippen LogP contribution < -0.4 is 11.0 Å². The van der Waals surface area contributed by atoms with Gasteiger partial charge in [-0.25, -0.2) is 4.79 Å². The van der Waals surface area contributed by atoms with Crippen LogP contribution in [0.4, 0.5) is 5.82 Å². The Kier molecular flexibility index (Phi) is 5.85. The van der Waals surface area contributed by atoms with Gasteiger partial charge in [-0.2, -0.15) is 4.98 Å². The van der Waals surface area contributed by atoms with Gasteiger partial charge in [-0.15, -0.1) is 0 Å². The molecule has 1 saturated heterocycles. The van der Waals surface area contributed by atoms with Crippen LogP contribution in [0.25, 0.3) is 0 Å². The third-order valence-corrected chi connectivity index (χ3v) is 4.88. The van der Waals surface area contributed by atoms with Crippen molar-refractivity contribution >= 4 is 11.7 Å². The number of rotatable bonds is 4. The quantitative estimate of drug-likeness (QED) is 0.581. The second-order valence-electron chi connectivity index (χ2n) is 8.01. The highest BCUT2D eigenvalue weighted by molar-refractivity contribution is 6.03. The highest BCUT2D eigenvalue weighted by Gasteiger charge is 2.43. The van der Waals surface area contributed by atoms with E-state index >= 15 is 0 Å². The molecule has 0 spiro atoms. The fourth-order valence-corrected chi connectivity index (χ4v) is 3.10. The zero-order chi connectivity index (χ0) is 21.3. The minimum Gasteiger partial charge on any atom is -0.394 e. The van der Waals surface area contributed by atoms with Crippen molar-refractivity contribution in [3.8, 4) is 0 Å². The predicted octanol–water partition coefficient (Wildman–Crippen LogP) is 0.405. The minimum atomic E-state index is -1.39. The van der Waals surface area contributed by atoms with Crippen molar-refractivity contribution < 1.29 is 24.9 Å². The van der Waals surface area contributed by atoms with E-state index in [-0.39, 0.29) is 11.2 Å². The highest BCUT2D eigenvalue weighted by atomic mass is 16.6. The van der Waals surface area contributed by atoms with Crippen molar-refractivity contribution in [3.05, 3.63) is 58.1 Å². The van der Waals surface area contributed by atoms with Crippen LogP contribution in [0.2, 0.25) is 0 Å². The molecule has 1 aliphatic rings. The van der Waals surface area contributed by atoms with Gasteiger partial charge in [-0.3, -0.25) is 9.36 Å². The van der Waals surface area contributed by atoms with Crippen LogP contribution >= 0.6 is 0 Å². The molecule has 4 atom stereocenters. The molecule has 1 amide bonds. The summed E-state index contributed by atoms with van der Waals surface area (Å²) >= 11 is 0. The Morgan fingerprint density at radius 1 is 1.17 bits per heavy atom. The monoisotopic (exact) mass is 403 g/mol. The lowest BCUT2D eigenvalue weighted by Gasteiger charge is -2.19. The summed E-state index contributed by atoms with van der Waals surface area (Å²) in [5.41, 5.74) is 0.706. The van der Waals surface area contributed by atoms with E-state index < -0.39 is 42.7 Å². The number of anilines is 1. The second kappa shape index (κ2) is 8.03. The summed E-state index contributed by atoms with van der Waals surface area (Å²) in [5.74, 6) is -0.370. The van der Waals surface area contributed by atoms with Crippen molar-refractivity contribution in [1.82, 2.24) is 9.55 Å². The van der Waals surface area contributed by atoms with Crippen molar-refractivity contribution in [3.63, 3.8) is 0 Å². The number of benzene rings is 1. The van der Waals surface area contributed by atoms with Crippen molar-refractivity contribution in [2.24, 2.45) is 0 Å². The smallest absolute Gasteiger partial charge is 0.351 e. The number of aliphatic hydroxyl groups is 3. The summed E-state index contributed by atoms with van der Waals surface area (Å²) in [6.45, 7) is 5.73. The molecule has 156 valence electrons. The third-order valence-electron chi connectivity index (χ3n) is 4.88. The minimum absolute atomic E-state index is 0.0312. The van der Waals surface area contributed by atoms with E-state index in [2.05, 4.69) is 31.1 Å². The number of ether oxygens (including phenoxy) is 1. The fraction of sp³-hybridized carbons (Fsp3) is 0.450. The zero-order valence-corrected chi connectivity index (χ0v) is 16.4. The Hall–Kier alpha value is -2.59. The Balaban J connectivity index is 1.74. The molecular formula is C20H25N3O6.